The number of aliphatic hydroxyl groups is 1. The summed E-state index contributed by atoms with van der Waals surface area (Å²) < 4.78 is 0. The van der Waals surface area contributed by atoms with Crippen LogP contribution in [0.2, 0.25) is 5.02 Å². The maximum atomic E-state index is 11.6. The van der Waals surface area contributed by atoms with Gasteiger partial charge in [0.2, 0.25) is 0 Å². The predicted molar refractivity (Wildman–Crippen MR) is 61.1 cm³/mol. The van der Waals surface area contributed by atoms with Gasteiger partial charge in [0.15, 0.2) is 5.78 Å². The van der Waals surface area contributed by atoms with Crippen molar-refractivity contribution in [2.24, 2.45) is 0 Å². The molecular formula is C12H10ClNO2. The zero-order chi connectivity index (χ0) is 12.1. The van der Waals surface area contributed by atoms with Crippen LogP contribution in [0.4, 0.5) is 0 Å². The highest BCUT2D eigenvalue weighted by Gasteiger charge is 2.14. The van der Waals surface area contributed by atoms with E-state index in [1.807, 2.05) is 0 Å². The lowest BCUT2D eigenvalue weighted by molar-refractivity contribution is -0.114. The molecule has 16 heavy (non-hydrogen) atoms. The maximum absolute atomic E-state index is 11.6. The van der Waals surface area contributed by atoms with Gasteiger partial charge in [0, 0.05) is 11.4 Å². The van der Waals surface area contributed by atoms with E-state index in [1.165, 1.54) is 6.92 Å². The minimum atomic E-state index is -0.435. The first-order valence-electron chi connectivity index (χ1n) is 4.62. The fourth-order valence-corrected chi connectivity index (χ4v) is 1.45. The lowest BCUT2D eigenvalue weighted by atomic mass is 10.0. The van der Waals surface area contributed by atoms with E-state index >= 15 is 0 Å². The first-order chi connectivity index (χ1) is 7.56. The number of carbonyl (C=O) groups excluding carboxylic acids is 1. The van der Waals surface area contributed by atoms with Crippen LogP contribution in [0.1, 0.15) is 12.5 Å². The highest BCUT2D eigenvalue weighted by Crippen LogP contribution is 2.17. The average Bonchev–Trinajstić information content (AvgIpc) is 2.22. The van der Waals surface area contributed by atoms with E-state index in [-0.39, 0.29) is 17.8 Å². The Kier molecular flexibility index (Phi) is 4.10. The lowest BCUT2D eigenvalue weighted by Crippen LogP contribution is -2.07. The summed E-state index contributed by atoms with van der Waals surface area (Å²) in [5.74, 6) is -0.699. The van der Waals surface area contributed by atoms with Gasteiger partial charge in [-0.25, -0.2) is 0 Å². The van der Waals surface area contributed by atoms with Crippen LogP contribution in [0, 0.1) is 11.3 Å². The van der Waals surface area contributed by atoms with Gasteiger partial charge in [-0.3, -0.25) is 4.79 Å². The molecule has 0 bridgehead atoms. The molecule has 0 atom stereocenters. The van der Waals surface area contributed by atoms with Crippen LogP contribution in [0.25, 0.3) is 0 Å². The van der Waals surface area contributed by atoms with Crippen molar-refractivity contribution in [3.63, 3.8) is 0 Å². The number of Topliss-reactive ketones (excluding diaryl/α,β-unsaturated/α-hetero) is 1. The highest BCUT2D eigenvalue weighted by atomic mass is 35.5. The van der Waals surface area contributed by atoms with E-state index in [1.54, 1.807) is 30.3 Å². The largest absolute Gasteiger partial charge is 0.511 e. The molecule has 0 aromatic heterocycles. The Hall–Kier alpha value is -1.79. The number of allylic oxidation sites excluding steroid dienone is 2. The molecule has 0 saturated carbocycles. The number of rotatable bonds is 3. The van der Waals surface area contributed by atoms with Crippen LogP contribution in [-0.4, -0.2) is 10.9 Å². The van der Waals surface area contributed by atoms with E-state index < -0.39 is 5.78 Å². The fourth-order valence-electron chi connectivity index (χ4n) is 1.25. The molecule has 0 saturated heterocycles. The van der Waals surface area contributed by atoms with E-state index in [2.05, 4.69) is 0 Å². The van der Waals surface area contributed by atoms with Crippen LogP contribution in [0.15, 0.2) is 35.6 Å². The van der Waals surface area contributed by atoms with Gasteiger partial charge >= 0.3 is 0 Å². The number of halogens is 1. The summed E-state index contributed by atoms with van der Waals surface area (Å²) in [4.78, 5) is 11.6. The van der Waals surface area contributed by atoms with Crippen molar-refractivity contribution in [3.8, 4) is 6.07 Å². The molecular weight excluding hydrogens is 226 g/mol. The summed E-state index contributed by atoms with van der Waals surface area (Å²) in [5.41, 5.74) is 0.420. The van der Waals surface area contributed by atoms with Gasteiger partial charge in [0.25, 0.3) is 0 Å². The molecule has 4 heteroatoms. The maximum Gasteiger partial charge on any atom is 0.181 e. The number of hydrogen-bond donors (Lipinski definition) is 1. The zero-order valence-corrected chi connectivity index (χ0v) is 9.45. The lowest BCUT2D eigenvalue weighted by Gasteiger charge is -2.02. The van der Waals surface area contributed by atoms with Crippen LogP contribution < -0.4 is 0 Å². The molecule has 0 aliphatic rings. The Morgan fingerprint density at radius 1 is 1.50 bits per heavy atom. The fraction of sp³-hybridized carbons (Fsp3) is 0.167. The van der Waals surface area contributed by atoms with Crippen LogP contribution in [-0.2, 0) is 11.2 Å². The average molecular weight is 236 g/mol. The van der Waals surface area contributed by atoms with Crippen molar-refractivity contribution >= 4 is 17.4 Å². The topological polar surface area (TPSA) is 61.1 Å². The molecule has 0 unspecified atom stereocenters. The van der Waals surface area contributed by atoms with Gasteiger partial charge in [-0.1, -0.05) is 29.8 Å². The molecule has 0 radical (unpaired) electrons. The molecule has 0 aliphatic heterocycles. The Bertz CT molecular complexity index is 482. The molecule has 82 valence electrons. The summed E-state index contributed by atoms with van der Waals surface area (Å²) in [6, 6.07) is 8.58. The van der Waals surface area contributed by atoms with Gasteiger partial charge < -0.3 is 5.11 Å². The van der Waals surface area contributed by atoms with Crippen LogP contribution >= 0.6 is 11.6 Å². The zero-order valence-electron chi connectivity index (χ0n) is 8.70. The minimum Gasteiger partial charge on any atom is -0.511 e. The summed E-state index contributed by atoms with van der Waals surface area (Å²) in [6.45, 7) is 1.31. The van der Waals surface area contributed by atoms with Crippen molar-refractivity contribution in [1.29, 1.82) is 5.26 Å². The van der Waals surface area contributed by atoms with Crippen molar-refractivity contribution in [3.05, 3.63) is 46.2 Å². The second-order valence-electron chi connectivity index (χ2n) is 3.26. The van der Waals surface area contributed by atoms with Gasteiger partial charge in [-0.15, -0.1) is 0 Å². The normalized spacial score (nSPS) is 11.6. The molecule has 1 rings (SSSR count). The first kappa shape index (κ1) is 12.3. The second-order valence-corrected chi connectivity index (χ2v) is 3.67. The molecule has 3 nitrogen and oxygen atoms in total. The molecule has 0 fully saturated rings. The molecule has 1 aromatic carbocycles. The van der Waals surface area contributed by atoms with Gasteiger partial charge in [-0.2, -0.15) is 5.26 Å². The van der Waals surface area contributed by atoms with Crippen molar-refractivity contribution in [2.45, 2.75) is 13.3 Å². The Balaban J connectivity index is 2.93. The van der Waals surface area contributed by atoms with E-state index in [0.29, 0.717) is 10.6 Å². The van der Waals surface area contributed by atoms with E-state index in [4.69, 9.17) is 22.0 Å². The van der Waals surface area contributed by atoms with Crippen molar-refractivity contribution in [1.82, 2.24) is 0 Å². The van der Waals surface area contributed by atoms with Gasteiger partial charge in [0.1, 0.15) is 17.4 Å². The third-order valence-corrected chi connectivity index (χ3v) is 2.43. The Morgan fingerprint density at radius 3 is 2.62 bits per heavy atom. The quantitative estimate of drug-likeness (QED) is 0.498. The Morgan fingerprint density at radius 2 is 2.12 bits per heavy atom. The summed E-state index contributed by atoms with van der Waals surface area (Å²) in [6.07, 6.45) is 0.0144. The number of ketones is 1. The van der Waals surface area contributed by atoms with E-state index in [0.717, 1.165) is 0 Å². The Labute approximate surface area is 98.6 Å². The third kappa shape index (κ3) is 2.85. The second kappa shape index (κ2) is 5.34. The van der Waals surface area contributed by atoms with Gasteiger partial charge in [0.05, 0.1) is 0 Å². The predicted octanol–water partition coefficient (Wildman–Crippen LogP) is 2.81. The molecule has 0 aliphatic carbocycles. The molecule has 1 aromatic rings. The molecule has 0 spiro atoms. The number of carbonyl (C=O) groups is 1. The van der Waals surface area contributed by atoms with Gasteiger partial charge in [-0.05, 0) is 18.6 Å². The third-order valence-electron chi connectivity index (χ3n) is 2.06. The number of nitrogens with zero attached hydrogens (tertiary/aromatic N) is 1. The van der Waals surface area contributed by atoms with E-state index in [9.17, 15) is 4.79 Å². The summed E-state index contributed by atoms with van der Waals surface area (Å²) >= 11 is 5.88. The minimum absolute atomic E-state index is 0.0144. The van der Waals surface area contributed by atoms with Crippen LogP contribution in [0.3, 0.4) is 0 Å². The van der Waals surface area contributed by atoms with Crippen molar-refractivity contribution in [2.75, 3.05) is 0 Å². The number of benzene rings is 1. The number of hydrogen-bond acceptors (Lipinski definition) is 3. The summed E-state index contributed by atoms with van der Waals surface area (Å²) in [5, 5.41) is 18.3. The molecule has 0 amide bonds. The summed E-state index contributed by atoms with van der Waals surface area (Å²) in [7, 11) is 0. The van der Waals surface area contributed by atoms with Crippen molar-refractivity contribution < 1.29 is 9.90 Å². The monoisotopic (exact) mass is 235 g/mol. The smallest absolute Gasteiger partial charge is 0.181 e. The molecule has 1 N–H and O–H groups in total. The number of nitriles is 1. The number of aliphatic hydroxyl groups excluding tert-OH is 1. The van der Waals surface area contributed by atoms with Crippen LogP contribution in [0.5, 0.6) is 0 Å². The SMILES string of the molecule is C/C(O)=C(/C#N)C(=O)Cc1ccccc1Cl. The standard InChI is InChI=1S/C12H10ClNO2/c1-8(15)10(7-14)12(16)6-9-4-2-3-5-11(9)13/h2-5,15H,6H2,1H3/b10-8+. The first-order valence-corrected chi connectivity index (χ1v) is 5.00. The highest BCUT2D eigenvalue weighted by molar-refractivity contribution is 6.31. The molecule has 0 heterocycles.